The molecule has 0 aliphatic carbocycles. The van der Waals surface area contributed by atoms with Gasteiger partial charge >= 0.3 is 0 Å². The fourth-order valence-corrected chi connectivity index (χ4v) is 1.57. The van der Waals surface area contributed by atoms with Crippen LogP contribution in [-0.4, -0.2) is 9.78 Å². The monoisotopic (exact) mass is 196 g/mol. The molecule has 1 heterocycles. The molecule has 0 unspecified atom stereocenters. The number of rotatable bonds is 3. The molecule has 0 amide bonds. The molecule has 0 saturated heterocycles. The summed E-state index contributed by atoms with van der Waals surface area (Å²) in [7, 11) is 0. The Bertz CT molecular complexity index is 341. The number of H-pyrrole nitrogens is 1. The summed E-state index contributed by atoms with van der Waals surface area (Å²) in [5.74, 6) is 0. The Balaban J connectivity index is 2.97. The van der Waals surface area contributed by atoms with Gasteiger partial charge in [0.25, 0.3) is 5.56 Å². The lowest BCUT2D eigenvalue weighted by atomic mass is 10.1. The Labute approximate surface area is 85.1 Å². The Hall–Kier alpha value is -0.990. The minimum absolute atomic E-state index is 0.00558. The third-order valence-corrected chi connectivity index (χ3v) is 2.26. The Kier molecular flexibility index (Phi) is 3.19. The molecule has 1 aromatic heterocycles. The summed E-state index contributed by atoms with van der Waals surface area (Å²) in [4.78, 5) is 11.2. The number of aromatic amines is 1. The topological polar surface area (TPSA) is 37.8 Å². The molecule has 80 valence electrons. The van der Waals surface area contributed by atoms with Crippen molar-refractivity contribution >= 4 is 0 Å². The molecule has 0 atom stereocenters. The molecule has 1 rings (SSSR count). The number of nitrogens with one attached hydrogen (secondary N) is 1. The average molecular weight is 196 g/mol. The van der Waals surface area contributed by atoms with Crippen LogP contribution in [0.1, 0.15) is 46.2 Å². The molecular formula is C11H20N2O. The Morgan fingerprint density at radius 1 is 1.43 bits per heavy atom. The molecule has 0 aromatic carbocycles. The lowest BCUT2D eigenvalue weighted by molar-refractivity contribution is 0.340. The summed E-state index contributed by atoms with van der Waals surface area (Å²) < 4.78 is 1.98. The van der Waals surface area contributed by atoms with Crippen molar-refractivity contribution in [1.29, 1.82) is 0 Å². The molecule has 0 bridgehead atoms. The van der Waals surface area contributed by atoms with E-state index < -0.39 is 0 Å². The van der Waals surface area contributed by atoms with Gasteiger partial charge in [0.1, 0.15) is 0 Å². The van der Waals surface area contributed by atoms with E-state index >= 15 is 0 Å². The number of hydrogen-bond acceptors (Lipinski definition) is 1. The van der Waals surface area contributed by atoms with E-state index in [1.165, 1.54) is 0 Å². The zero-order valence-electron chi connectivity index (χ0n) is 9.55. The first kappa shape index (κ1) is 11.1. The van der Waals surface area contributed by atoms with Crippen molar-refractivity contribution in [3.63, 3.8) is 0 Å². The SMILES string of the molecule is CCCCc1cc(=O)[nH]n1C(C)(C)C. The van der Waals surface area contributed by atoms with Gasteiger partial charge in [0.2, 0.25) is 0 Å². The maximum atomic E-state index is 11.2. The number of aryl methyl sites for hydroxylation is 1. The Morgan fingerprint density at radius 2 is 2.07 bits per heavy atom. The van der Waals surface area contributed by atoms with Crippen LogP contribution < -0.4 is 5.56 Å². The molecular weight excluding hydrogens is 176 g/mol. The second-order valence-corrected chi connectivity index (χ2v) is 4.72. The molecule has 0 saturated carbocycles. The maximum Gasteiger partial charge on any atom is 0.264 e. The molecule has 1 aromatic rings. The van der Waals surface area contributed by atoms with Gasteiger partial charge in [-0.3, -0.25) is 14.6 Å². The number of nitrogens with zero attached hydrogens (tertiary/aromatic N) is 1. The Morgan fingerprint density at radius 3 is 2.57 bits per heavy atom. The van der Waals surface area contributed by atoms with Crippen LogP contribution in [0.5, 0.6) is 0 Å². The van der Waals surface area contributed by atoms with Crippen molar-refractivity contribution in [2.45, 2.75) is 52.5 Å². The van der Waals surface area contributed by atoms with Crippen LogP contribution in [0.15, 0.2) is 10.9 Å². The van der Waals surface area contributed by atoms with Crippen LogP contribution in [0.4, 0.5) is 0 Å². The van der Waals surface area contributed by atoms with Gasteiger partial charge in [0.15, 0.2) is 0 Å². The van der Waals surface area contributed by atoms with Crippen molar-refractivity contribution in [1.82, 2.24) is 9.78 Å². The van der Waals surface area contributed by atoms with E-state index in [-0.39, 0.29) is 11.1 Å². The van der Waals surface area contributed by atoms with E-state index in [9.17, 15) is 4.79 Å². The van der Waals surface area contributed by atoms with Crippen LogP contribution in [-0.2, 0) is 12.0 Å². The molecule has 0 radical (unpaired) electrons. The molecule has 1 N–H and O–H groups in total. The van der Waals surface area contributed by atoms with Gasteiger partial charge in [-0.25, -0.2) is 0 Å². The highest BCUT2D eigenvalue weighted by Gasteiger charge is 2.16. The van der Waals surface area contributed by atoms with Crippen LogP contribution in [0.3, 0.4) is 0 Å². The van der Waals surface area contributed by atoms with Gasteiger partial charge in [0.05, 0.1) is 5.54 Å². The minimum atomic E-state index is -0.0360. The normalized spacial score (nSPS) is 12.0. The van der Waals surface area contributed by atoms with E-state index in [4.69, 9.17) is 0 Å². The third kappa shape index (κ3) is 2.50. The summed E-state index contributed by atoms with van der Waals surface area (Å²) in [6.45, 7) is 8.45. The fraction of sp³-hybridized carbons (Fsp3) is 0.727. The molecule has 0 spiro atoms. The van der Waals surface area contributed by atoms with Crippen molar-refractivity contribution in [3.8, 4) is 0 Å². The van der Waals surface area contributed by atoms with Gasteiger partial charge in [-0.05, 0) is 33.6 Å². The molecule has 0 aliphatic rings. The molecule has 3 heteroatoms. The van der Waals surface area contributed by atoms with Crippen molar-refractivity contribution in [3.05, 3.63) is 22.1 Å². The van der Waals surface area contributed by atoms with E-state index in [1.807, 2.05) is 4.68 Å². The van der Waals surface area contributed by atoms with E-state index in [1.54, 1.807) is 6.07 Å². The van der Waals surface area contributed by atoms with Gasteiger partial charge in [-0.1, -0.05) is 13.3 Å². The van der Waals surface area contributed by atoms with Gasteiger partial charge in [-0.15, -0.1) is 0 Å². The lowest BCUT2D eigenvalue weighted by Gasteiger charge is -2.23. The number of hydrogen-bond donors (Lipinski definition) is 1. The summed E-state index contributed by atoms with van der Waals surface area (Å²) in [6.07, 6.45) is 3.27. The summed E-state index contributed by atoms with van der Waals surface area (Å²) in [6, 6.07) is 1.71. The quantitative estimate of drug-likeness (QED) is 0.791. The summed E-state index contributed by atoms with van der Waals surface area (Å²) in [5.41, 5.74) is 1.08. The minimum Gasteiger partial charge on any atom is -0.284 e. The highest BCUT2D eigenvalue weighted by molar-refractivity contribution is 5.03. The zero-order chi connectivity index (χ0) is 10.8. The fourth-order valence-electron chi connectivity index (χ4n) is 1.57. The predicted octanol–water partition coefficient (Wildman–Crippen LogP) is 2.27. The molecule has 3 nitrogen and oxygen atoms in total. The smallest absolute Gasteiger partial charge is 0.264 e. The first-order valence-corrected chi connectivity index (χ1v) is 5.26. The predicted molar refractivity (Wildman–Crippen MR) is 58.7 cm³/mol. The summed E-state index contributed by atoms with van der Waals surface area (Å²) in [5, 5.41) is 2.85. The zero-order valence-corrected chi connectivity index (χ0v) is 9.55. The largest absolute Gasteiger partial charge is 0.284 e. The first-order valence-electron chi connectivity index (χ1n) is 5.26. The number of unbranched alkanes of at least 4 members (excludes halogenated alkanes) is 1. The third-order valence-electron chi connectivity index (χ3n) is 2.26. The molecule has 14 heavy (non-hydrogen) atoms. The highest BCUT2D eigenvalue weighted by atomic mass is 16.1. The molecule has 0 aliphatic heterocycles. The highest BCUT2D eigenvalue weighted by Crippen LogP contribution is 2.15. The first-order chi connectivity index (χ1) is 6.45. The number of aromatic nitrogens is 2. The van der Waals surface area contributed by atoms with Gasteiger partial charge < -0.3 is 0 Å². The van der Waals surface area contributed by atoms with E-state index in [0.717, 1.165) is 25.0 Å². The van der Waals surface area contributed by atoms with E-state index in [2.05, 4.69) is 32.8 Å². The van der Waals surface area contributed by atoms with E-state index in [0.29, 0.717) is 0 Å². The second-order valence-electron chi connectivity index (χ2n) is 4.72. The van der Waals surface area contributed by atoms with Crippen LogP contribution in [0.2, 0.25) is 0 Å². The van der Waals surface area contributed by atoms with Crippen molar-refractivity contribution in [2.24, 2.45) is 0 Å². The second kappa shape index (κ2) is 4.03. The average Bonchev–Trinajstić information content (AvgIpc) is 2.42. The van der Waals surface area contributed by atoms with Gasteiger partial charge in [-0.2, -0.15) is 0 Å². The lowest BCUT2D eigenvalue weighted by Crippen LogP contribution is -2.26. The summed E-state index contributed by atoms with van der Waals surface area (Å²) >= 11 is 0. The van der Waals surface area contributed by atoms with Crippen molar-refractivity contribution < 1.29 is 0 Å². The maximum absolute atomic E-state index is 11.2. The van der Waals surface area contributed by atoms with Gasteiger partial charge in [0, 0.05) is 11.8 Å². The molecule has 0 fully saturated rings. The van der Waals surface area contributed by atoms with Crippen LogP contribution >= 0.6 is 0 Å². The van der Waals surface area contributed by atoms with Crippen LogP contribution in [0, 0.1) is 0 Å². The van der Waals surface area contributed by atoms with Crippen LogP contribution in [0.25, 0.3) is 0 Å². The van der Waals surface area contributed by atoms with Crippen molar-refractivity contribution in [2.75, 3.05) is 0 Å². The standard InChI is InChI=1S/C11H20N2O/c1-5-6-7-9-8-10(14)12-13(9)11(2,3)4/h8H,5-7H2,1-4H3,(H,12,14).